The smallest absolute Gasteiger partial charge is 0.313 e. The number of esters is 1. The fourth-order valence-corrected chi connectivity index (χ4v) is 2.89. The molecule has 1 fully saturated rings. The quantitative estimate of drug-likeness (QED) is 0.268. The molecule has 0 aromatic heterocycles. The van der Waals surface area contributed by atoms with Crippen molar-refractivity contribution < 1.29 is 24.3 Å². The summed E-state index contributed by atoms with van der Waals surface area (Å²) >= 11 is 0. The number of rotatable bonds is 6. The zero-order chi connectivity index (χ0) is 16.2. The summed E-state index contributed by atoms with van der Waals surface area (Å²) in [6.45, 7) is 6.00. The summed E-state index contributed by atoms with van der Waals surface area (Å²) in [5.41, 5.74) is -0.284. The van der Waals surface area contributed by atoms with Crippen LogP contribution < -0.4 is 0 Å². The Morgan fingerprint density at radius 2 is 2.27 bits per heavy atom. The first-order chi connectivity index (χ1) is 10.5. The molecule has 2 aliphatic rings. The van der Waals surface area contributed by atoms with Crippen LogP contribution in [0.1, 0.15) is 39.0 Å². The Morgan fingerprint density at radius 3 is 2.82 bits per heavy atom. The third kappa shape index (κ3) is 3.05. The van der Waals surface area contributed by atoms with E-state index in [0.717, 1.165) is 6.42 Å². The van der Waals surface area contributed by atoms with Gasteiger partial charge < -0.3 is 14.7 Å². The number of oxime groups is 1. The molecule has 6 heteroatoms. The Bertz CT molecular complexity index is 549. The second kappa shape index (κ2) is 6.77. The van der Waals surface area contributed by atoms with Crippen LogP contribution in [0.2, 0.25) is 0 Å². The zero-order valence-electron chi connectivity index (χ0n) is 12.8. The van der Waals surface area contributed by atoms with E-state index in [9.17, 15) is 14.7 Å². The molecule has 1 atom stereocenters. The molecule has 1 saturated heterocycles. The van der Waals surface area contributed by atoms with E-state index in [1.165, 1.54) is 0 Å². The van der Waals surface area contributed by atoms with E-state index < -0.39 is 11.4 Å². The Balaban J connectivity index is 2.30. The van der Waals surface area contributed by atoms with E-state index in [0.29, 0.717) is 25.2 Å². The molecule has 0 bridgehead atoms. The highest BCUT2D eigenvalue weighted by Crippen LogP contribution is 2.44. The molecule has 1 aliphatic carbocycles. The highest BCUT2D eigenvalue weighted by atomic mass is 16.6. The van der Waals surface area contributed by atoms with Crippen LogP contribution in [0.15, 0.2) is 29.1 Å². The van der Waals surface area contributed by atoms with Gasteiger partial charge in [-0.15, -0.1) is 0 Å². The van der Waals surface area contributed by atoms with Crippen LogP contribution in [0.5, 0.6) is 0 Å². The number of ether oxygens (including phenoxy) is 1. The maximum atomic E-state index is 12.5. The second-order valence-corrected chi connectivity index (χ2v) is 5.64. The van der Waals surface area contributed by atoms with Gasteiger partial charge in [0.25, 0.3) is 0 Å². The first-order valence-corrected chi connectivity index (χ1v) is 7.46. The fraction of sp³-hybridized carbons (Fsp3) is 0.562. The molecule has 22 heavy (non-hydrogen) atoms. The lowest BCUT2D eigenvalue weighted by molar-refractivity contribution is -0.148. The van der Waals surface area contributed by atoms with E-state index in [-0.39, 0.29) is 36.6 Å². The van der Waals surface area contributed by atoms with E-state index in [4.69, 9.17) is 9.57 Å². The van der Waals surface area contributed by atoms with Crippen LogP contribution in [-0.4, -0.2) is 35.8 Å². The van der Waals surface area contributed by atoms with Crippen molar-refractivity contribution in [2.24, 2.45) is 10.6 Å². The molecule has 0 radical (unpaired) electrons. The molecule has 6 nitrogen and oxygen atoms in total. The minimum absolute atomic E-state index is 0.0510. The molecule has 1 aliphatic heterocycles. The molecule has 1 spiro atoms. The second-order valence-electron chi connectivity index (χ2n) is 5.64. The van der Waals surface area contributed by atoms with Gasteiger partial charge >= 0.3 is 5.97 Å². The lowest BCUT2D eigenvalue weighted by Crippen LogP contribution is -2.36. The average Bonchev–Trinajstić information content (AvgIpc) is 2.79. The van der Waals surface area contributed by atoms with Crippen LogP contribution in [0.3, 0.4) is 0 Å². The molecule has 0 saturated carbocycles. The molecule has 2 rings (SSSR count). The molecule has 0 aromatic carbocycles. The number of hydrogen-bond acceptors (Lipinski definition) is 6. The summed E-state index contributed by atoms with van der Waals surface area (Å²) in [7, 11) is 0. The molecule has 0 aromatic rings. The van der Waals surface area contributed by atoms with Gasteiger partial charge in [0, 0.05) is 12.8 Å². The molecule has 120 valence electrons. The Kier molecular flexibility index (Phi) is 5.00. The van der Waals surface area contributed by atoms with Crippen molar-refractivity contribution in [1.29, 1.82) is 0 Å². The number of hydrogen-bond donors (Lipinski definition) is 1. The van der Waals surface area contributed by atoms with Gasteiger partial charge in [-0.1, -0.05) is 31.2 Å². The maximum absolute atomic E-state index is 12.5. The van der Waals surface area contributed by atoms with Crippen LogP contribution in [0, 0.1) is 5.41 Å². The lowest BCUT2D eigenvalue weighted by Gasteiger charge is -2.29. The summed E-state index contributed by atoms with van der Waals surface area (Å²) in [5.74, 6) is -0.773. The summed E-state index contributed by atoms with van der Waals surface area (Å²) in [6.07, 6.45) is 3.45. The van der Waals surface area contributed by atoms with Gasteiger partial charge in [-0.25, -0.2) is 0 Å². The lowest BCUT2D eigenvalue weighted by atomic mass is 9.71. The highest BCUT2D eigenvalue weighted by Gasteiger charge is 2.50. The summed E-state index contributed by atoms with van der Waals surface area (Å²) in [6, 6.07) is 0. The van der Waals surface area contributed by atoms with E-state index in [1.54, 1.807) is 6.08 Å². The van der Waals surface area contributed by atoms with Crippen LogP contribution in [-0.2, 0) is 19.2 Å². The summed E-state index contributed by atoms with van der Waals surface area (Å²) in [5, 5.41) is 14.3. The highest BCUT2D eigenvalue weighted by molar-refractivity contribution is 6.23. The number of carbonyl (C=O) groups is 2. The fourth-order valence-electron chi connectivity index (χ4n) is 2.89. The number of nitrogens with zero attached hydrogens (tertiary/aromatic N) is 1. The van der Waals surface area contributed by atoms with Gasteiger partial charge in [0.2, 0.25) is 0 Å². The minimum atomic E-state index is -0.899. The molecular weight excluding hydrogens is 286 g/mol. The number of cyclic esters (lactones) is 1. The number of carbonyl (C=O) groups excluding carboxylic acids is 2. The Hall–Kier alpha value is -2.11. The van der Waals surface area contributed by atoms with Gasteiger partial charge in [0.15, 0.2) is 5.78 Å². The molecule has 1 heterocycles. The summed E-state index contributed by atoms with van der Waals surface area (Å²) < 4.78 is 4.97. The SMILES string of the molecule is C=CCO/N=C(\CCC)C1=C(O)CC2(CCOC2=O)CC1=O. The normalized spacial score (nSPS) is 25.6. The van der Waals surface area contributed by atoms with Crippen molar-refractivity contribution in [3.05, 3.63) is 24.0 Å². The maximum Gasteiger partial charge on any atom is 0.313 e. The van der Waals surface area contributed by atoms with Crippen LogP contribution in [0.25, 0.3) is 0 Å². The standard InChI is InChI=1S/C16H21NO5/c1-3-5-11(17-22-7-4-2)14-12(18)9-16(10-13(14)19)6-8-21-15(16)20/h4,18H,2-3,5-10H2,1H3/b17-11+. The van der Waals surface area contributed by atoms with Crippen molar-refractivity contribution in [2.75, 3.05) is 13.2 Å². The van der Waals surface area contributed by atoms with Gasteiger partial charge in [-0.2, -0.15) is 0 Å². The summed E-state index contributed by atoms with van der Waals surface area (Å²) in [4.78, 5) is 29.4. The monoisotopic (exact) mass is 307 g/mol. The number of ketones is 1. The number of aliphatic hydroxyl groups is 1. The first-order valence-electron chi connectivity index (χ1n) is 7.46. The van der Waals surface area contributed by atoms with Crippen LogP contribution >= 0.6 is 0 Å². The number of allylic oxidation sites excluding steroid dienone is 2. The van der Waals surface area contributed by atoms with Gasteiger partial charge in [0.1, 0.15) is 12.4 Å². The van der Waals surface area contributed by atoms with Crippen molar-refractivity contribution in [1.82, 2.24) is 0 Å². The topological polar surface area (TPSA) is 85.2 Å². The van der Waals surface area contributed by atoms with Gasteiger partial charge in [0.05, 0.1) is 23.3 Å². The third-order valence-electron chi connectivity index (χ3n) is 3.96. The van der Waals surface area contributed by atoms with Gasteiger partial charge in [-0.3, -0.25) is 9.59 Å². The number of Topliss-reactive ketones (excluding diaryl/α,β-unsaturated/α-hetero) is 1. The van der Waals surface area contributed by atoms with Crippen molar-refractivity contribution in [2.45, 2.75) is 39.0 Å². The van der Waals surface area contributed by atoms with Gasteiger partial charge in [-0.05, 0) is 12.8 Å². The number of aliphatic hydroxyl groups excluding tert-OH is 1. The Morgan fingerprint density at radius 1 is 1.50 bits per heavy atom. The predicted octanol–water partition coefficient (Wildman–Crippen LogP) is 2.45. The minimum Gasteiger partial charge on any atom is -0.511 e. The molecule has 0 amide bonds. The molecular formula is C16H21NO5. The zero-order valence-corrected chi connectivity index (χ0v) is 12.8. The van der Waals surface area contributed by atoms with Crippen molar-refractivity contribution in [3.63, 3.8) is 0 Å². The van der Waals surface area contributed by atoms with E-state index >= 15 is 0 Å². The van der Waals surface area contributed by atoms with Crippen molar-refractivity contribution >= 4 is 17.5 Å². The average molecular weight is 307 g/mol. The van der Waals surface area contributed by atoms with Crippen molar-refractivity contribution in [3.8, 4) is 0 Å². The van der Waals surface area contributed by atoms with Crippen LogP contribution in [0.4, 0.5) is 0 Å². The Labute approximate surface area is 129 Å². The predicted molar refractivity (Wildman–Crippen MR) is 80.4 cm³/mol. The first kappa shape index (κ1) is 16.3. The largest absolute Gasteiger partial charge is 0.511 e. The van der Waals surface area contributed by atoms with E-state index in [1.807, 2.05) is 6.92 Å². The third-order valence-corrected chi connectivity index (χ3v) is 3.96. The molecule has 1 N–H and O–H groups in total. The molecule has 1 unspecified atom stereocenters. The van der Waals surface area contributed by atoms with E-state index in [2.05, 4.69) is 11.7 Å².